The molecule has 0 saturated carbocycles. The molecule has 0 radical (unpaired) electrons. The molecule has 0 saturated heterocycles. The highest BCUT2D eigenvalue weighted by Crippen LogP contribution is 2.34. The molecule has 0 amide bonds. The van der Waals surface area contributed by atoms with Crippen molar-refractivity contribution in [3.05, 3.63) is 28.3 Å². The summed E-state index contributed by atoms with van der Waals surface area (Å²) in [5, 5.41) is 0. The van der Waals surface area contributed by atoms with Crippen LogP contribution >= 0.6 is 23.7 Å². The van der Waals surface area contributed by atoms with E-state index < -0.39 is 7.75 Å². The monoisotopic (exact) mass is 291 g/mol. The van der Waals surface area contributed by atoms with Crippen molar-refractivity contribution in [3.63, 3.8) is 0 Å². The summed E-state index contributed by atoms with van der Waals surface area (Å²) < 4.78 is 14.6. The molecule has 0 bridgehead atoms. The van der Waals surface area contributed by atoms with E-state index in [1.54, 1.807) is 12.1 Å². The van der Waals surface area contributed by atoms with E-state index in [1.807, 2.05) is 6.07 Å². The number of halogens is 1. The van der Waals surface area contributed by atoms with Gasteiger partial charge in [-0.1, -0.05) is 6.07 Å². The van der Waals surface area contributed by atoms with Gasteiger partial charge in [0.2, 0.25) is 5.62 Å². The number of benzene rings is 1. The number of nitrogens with zero attached hydrogens (tertiary/aromatic N) is 1. The van der Waals surface area contributed by atoms with Gasteiger partial charge >= 0.3 is 7.75 Å². The molecule has 0 atom stereocenters. The van der Waals surface area contributed by atoms with Crippen molar-refractivity contribution in [1.29, 1.82) is 0 Å². The molecule has 1 aromatic carbocycles. The van der Waals surface area contributed by atoms with E-state index in [-0.39, 0.29) is 5.62 Å². The van der Waals surface area contributed by atoms with Crippen LogP contribution in [0.2, 0.25) is 0 Å². The number of aromatic nitrogens is 2. The second-order valence-electron chi connectivity index (χ2n) is 2.87. The van der Waals surface area contributed by atoms with E-state index in [4.69, 9.17) is 9.79 Å². The highest BCUT2D eigenvalue weighted by atomic mass is 79.9. The Bertz CT molecular complexity index is 611. The van der Waals surface area contributed by atoms with Crippen molar-refractivity contribution in [2.24, 2.45) is 4.76 Å². The summed E-state index contributed by atoms with van der Waals surface area (Å²) in [7, 11) is -4.41. The zero-order valence-electron chi connectivity index (χ0n) is 7.31. The molecular weight excluding hydrogens is 285 g/mol. The van der Waals surface area contributed by atoms with Gasteiger partial charge in [0.05, 0.1) is 11.0 Å². The normalized spacial score (nSPS) is 13.7. The molecule has 80 valence electrons. The van der Waals surface area contributed by atoms with Crippen LogP contribution in [0, 0.1) is 0 Å². The number of imidazole rings is 1. The molecule has 6 nitrogen and oxygen atoms in total. The highest BCUT2D eigenvalue weighted by molar-refractivity contribution is 9.10. The number of hydrogen-bond donors (Lipinski definition) is 4. The van der Waals surface area contributed by atoms with E-state index in [9.17, 15) is 4.57 Å². The first kappa shape index (κ1) is 10.6. The fraction of sp³-hybridized carbons (Fsp3) is 0. The minimum atomic E-state index is -4.41. The molecule has 2 aromatic rings. The van der Waals surface area contributed by atoms with Crippen LogP contribution in [0.25, 0.3) is 11.0 Å². The molecule has 1 aromatic heterocycles. The Hall–Kier alpha value is -0.880. The van der Waals surface area contributed by atoms with Crippen LogP contribution in [-0.2, 0) is 4.57 Å². The molecule has 8 heteroatoms. The van der Waals surface area contributed by atoms with Crippen LogP contribution in [-0.4, -0.2) is 19.8 Å². The smallest absolute Gasteiger partial charge is 0.324 e. The summed E-state index contributed by atoms with van der Waals surface area (Å²) in [5.74, 6) is 0. The second kappa shape index (κ2) is 3.61. The zero-order chi connectivity index (χ0) is 11.1. The third kappa shape index (κ3) is 2.38. The van der Waals surface area contributed by atoms with E-state index in [0.29, 0.717) is 5.52 Å². The zero-order valence-corrected chi connectivity index (χ0v) is 9.79. The van der Waals surface area contributed by atoms with E-state index >= 15 is 0 Å². The minimum Gasteiger partial charge on any atom is -0.324 e. The molecule has 0 fully saturated rings. The summed E-state index contributed by atoms with van der Waals surface area (Å²) in [6.07, 6.45) is 0. The molecule has 4 N–H and O–H groups in total. The van der Waals surface area contributed by atoms with Crippen LogP contribution in [0.1, 0.15) is 0 Å². The Morgan fingerprint density at radius 1 is 1.33 bits per heavy atom. The molecule has 0 spiro atoms. The first-order chi connectivity index (χ1) is 6.96. The fourth-order valence-electron chi connectivity index (χ4n) is 1.21. The minimum absolute atomic E-state index is 0.0465. The van der Waals surface area contributed by atoms with Gasteiger partial charge in [-0.25, -0.2) is 4.57 Å². The quantitative estimate of drug-likeness (QED) is 0.595. The van der Waals surface area contributed by atoms with Crippen LogP contribution in [0.5, 0.6) is 0 Å². The number of para-hydroxylation sites is 1. The van der Waals surface area contributed by atoms with Gasteiger partial charge in [0.1, 0.15) is 0 Å². The molecule has 0 aliphatic heterocycles. The Labute approximate surface area is 92.4 Å². The summed E-state index contributed by atoms with van der Waals surface area (Å²) in [5.41, 5.74) is 1.48. The van der Waals surface area contributed by atoms with Gasteiger partial charge in [-0.2, -0.15) is 0 Å². The molecule has 2 rings (SSSR count). The Balaban J connectivity index is 2.73. The van der Waals surface area contributed by atoms with E-state index in [1.165, 1.54) is 0 Å². The summed E-state index contributed by atoms with van der Waals surface area (Å²) in [4.78, 5) is 22.8. The largest absolute Gasteiger partial charge is 0.451 e. The van der Waals surface area contributed by atoms with E-state index in [2.05, 4.69) is 30.7 Å². The van der Waals surface area contributed by atoms with Gasteiger partial charge in [0.15, 0.2) is 0 Å². The van der Waals surface area contributed by atoms with Crippen molar-refractivity contribution < 1.29 is 14.4 Å². The maximum absolute atomic E-state index is 10.6. The number of hydrogen-bond acceptors (Lipinski definition) is 1. The second-order valence-corrected chi connectivity index (χ2v) is 4.96. The van der Waals surface area contributed by atoms with Gasteiger partial charge < -0.3 is 19.8 Å². The molecule has 15 heavy (non-hydrogen) atoms. The lowest BCUT2D eigenvalue weighted by atomic mass is 10.3. The first-order valence-corrected chi connectivity index (χ1v) is 6.30. The number of H-pyrrole nitrogens is 2. The van der Waals surface area contributed by atoms with Gasteiger partial charge in [-0.05, 0) is 28.1 Å². The van der Waals surface area contributed by atoms with Gasteiger partial charge in [0, 0.05) is 4.47 Å². The van der Waals surface area contributed by atoms with Crippen molar-refractivity contribution in [3.8, 4) is 0 Å². The number of rotatable bonds is 1. The summed E-state index contributed by atoms with van der Waals surface area (Å²) in [6.45, 7) is 0. The summed E-state index contributed by atoms with van der Waals surface area (Å²) >= 11 is 3.30. The van der Waals surface area contributed by atoms with E-state index in [0.717, 1.165) is 9.99 Å². The Kier molecular flexibility index (Phi) is 2.56. The topological polar surface area (TPSA) is 101 Å². The van der Waals surface area contributed by atoms with Gasteiger partial charge in [-0.15, -0.1) is 4.76 Å². The molecule has 0 aliphatic carbocycles. The molecule has 1 heterocycles. The maximum atomic E-state index is 10.6. The van der Waals surface area contributed by atoms with Crippen LogP contribution in [0.3, 0.4) is 0 Å². The maximum Gasteiger partial charge on any atom is 0.451 e. The van der Waals surface area contributed by atoms with Crippen molar-refractivity contribution in [2.75, 3.05) is 0 Å². The lowest BCUT2D eigenvalue weighted by molar-refractivity contribution is 0.373. The average molecular weight is 292 g/mol. The third-order valence-corrected chi connectivity index (χ3v) is 2.86. The van der Waals surface area contributed by atoms with Crippen molar-refractivity contribution in [1.82, 2.24) is 9.97 Å². The first-order valence-electron chi connectivity index (χ1n) is 3.94. The summed E-state index contributed by atoms with van der Waals surface area (Å²) in [6, 6.07) is 5.39. The van der Waals surface area contributed by atoms with Crippen molar-refractivity contribution in [2.45, 2.75) is 0 Å². The molecular formula is C7H7BrN3O3P. The lowest BCUT2D eigenvalue weighted by Crippen LogP contribution is -2.04. The number of aromatic amines is 2. The predicted octanol–water partition coefficient (Wildman–Crippen LogP) is 1.25. The van der Waals surface area contributed by atoms with Crippen LogP contribution in [0.15, 0.2) is 27.4 Å². The Morgan fingerprint density at radius 3 is 2.67 bits per heavy atom. The molecule has 0 aliphatic rings. The standard InChI is InChI=1S/C7H7BrN3O3P/c8-4-2-1-3-5-6(4)10-7(9-5)11-15(12,13)14/h1-3H,(H4,9,10,11,12,13,14). The average Bonchev–Trinajstić information content (AvgIpc) is 2.45. The lowest BCUT2D eigenvalue weighted by Gasteiger charge is -1.90. The predicted molar refractivity (Wildman–Crippen MR) is 58.0 cm³/mol. The van der Waals surface area contributed by atoms with Gasteiger partial charge in [-0.3, -0.25) is 0 Å². The SMILES string of the molecule is O=P(O)(O)/N=c1/[nH]c2cccc(Br)c2[nH]1. The Morgan fingerprint density at radius 2 is 2.07 bits per heavy atom. The third-order valence-electron chi connectivity index (χ3n) is 1.74. The molecule has 0 unspecified atom stereocenters. The van der Waals surface area contributed by atoms with Crippen LogP contribution < -0.4 is 5.62 Å². The van der Waals surface area contributed by atoms with Crippen molar-refractivity contribution >= 4 is 34.7 Å². The number of fused-ring (bicyclic) bond motifs is 1. The highest BCUT2D eigenvalue weighted by Gasteiger charge is 2.10. The van der Waals surface area contributed by atoms with Gasteiger partial charge in [0.25, 0.3) is 0 Å². The number of nitrogens with one attached hydrogen (secondary N) is 2. The van der Waals surface area contributed by atoms with Crippen LogP contribution in [0.4, 0.5) is 0 Å². The fourth-order valence-corrected chi connectivity index (χ4v) is 2.04.